The van der Waals surface area contributed by atoms with Crippen LogP contribution in [0.25, 0.3) is 0 Å². The number of ether oxygens (including phenoxy) is 3. The zero-order valence-electron chi connectivity index (χ0n) is 12.8. The molecule has 0 aromatic carbocycles. The number of carbonyl (C=O) groups is 3. The number of rotatable bonds is 8. The van der Waals surface area contributed by atoms with Gasteiger partial charge in [0.1, 0.15) is 6.61 Å². The molecular weight excluding hydrogens is 288 g/mol. The summed E-state index contributed by atoms with van der Waals surface area (Å²) in [5.41, 5.74) is 1.53. The molecule has 0 atom stereocenters. The largest absolute Gasteiger partial charge is 0.465 e. The van der Waals surface area contributed by atoms with E-state index in [-0.39, 0.29) is 32.7 Å². The molecule has 0 unspecified atom stereocenters. The van der Waals surface area contributed by atoms with Crippen molar-refractivity contribution in [3.8, 4) is 0 Å². The van der Waals surface area contributed by atoms with E-state index in [1.54, 1.807) is 13.8 Å². The molecule has 120 valence electrons. The summed E-state index contributed by atoms with van der Waals surface area (Å²) in [6.07, 6.45) is 2.78. The Kier molecular flexibility index (Phi) is 6.60. The number of carbonyl (C=O) groups excluding carboxylic acids is 3. The van der Waals surface area contributed by atoms with Crippen molar-refractivity contribution in [2.75, 3.05) is 19.8 Å². The molecule has 0 bridgehead atoms. The van der Waals surface area contributed by atoms with E-state index >= 15 is 0 Å². The first-order valence-electron chi connectivity index (χ1n) is 7.05. The Labute approximate surface area is 129 Å². The van der Waals surface area contributed by atoms with E-state index in [2.05, 4.69) is 12.3 Å². The zero-order chi connectivity index (χ0) is 16.6. The van der Waals surface area contributed by atoms with Crippen LogP contribution in [0, 0.1) is 5.41 Å². The predicted octanol–water partition coefficient (Wildman–Crippen LogP) is 1.70. The van der Waals surface area contributed by atoms with E-state index in [0.717, 1.165) is 0 Å². The highest BCUT2D eigenvalue weighted by Gasteiger charge is 2.49. The fourth-order valence-electron chi connectivity index (χ4n) is 2.15. The predicted molar refractivity (Wildman–Crippen MR) is 77.7 cm³/mol. The van der Waals surface area contributed by atoms with Crippen molar-refractivity contribution in [1.29, 1.82) is 0 Å². The summed E-state index contributed by atoms with van der Waals surface area (Å²) in [6.45, 7) is 7.06. The van der Waals surface area contributed by atoms with E-state index in [1.807, 2.05) is 0 Å². The molecular formula is C16H20O6. The highest BCUT2D eigenvalue weighted by Crippen LogP contribution is 2.35. The molecule has 0 aromatic rings. The monoisotopic (exact) mass is 308 g/mol. The second-order valence-electron chi connectivity index (χ2n) is 4.72. The molecule has 0 radical (unpaired) electrons. The van der Waals surface area contributed by atoms with Crippen molar-refractivity contribution in [2.45, 2.75) is 26.7 Å². The maximum Gasteiger partial charge on any atom is 0.331 e. The van der Waals surface area contributed by atoms with E-state index in [0.29, 0.717) is 5.57 Å². The average molecular weight is 308 g/mol. The Bertz CT molecular complexity index is 507. The number of cyclic esters (lactones) is 1. The first-order valence-corrected chi connectivity index (χ1v) is 7.05. The number of hydrogen-bond acceptors (Lipinski definition) is 6. The summed E-state index contributed by atoms with van der Waals surface area (Å²) in [4.78, 5) is 36.0. The Morgan fingerprint density at radius 2 is 1.95 bits per heavy atom. The topological polar surface area (TPSA) is 78.9 Å². The minimum absolute atomic E-state index is 0.00537. The van der Waals surface area contributed by atoms with Gasteiger partial charge >= 0.3 is 17.9 Å². The molecule has 1 rings (SSSR count). The standard InChI is InChI=1S/C16H20O6/c1-4-7-8-16(14(18)20-5-2,15(19)21-6-3)10-12-9-13(17)22-11-12/h7,9H,1,5-6,8,10-11H2,2-3H3. The maximum absolute atomic E-state index is 12.4. The van der Waals surface area contributed by atoms with E-state index in [9.17, 15) is 14.4 Å². The summed E-state index contributed by atoms with van der Waals surface area (Å²) in [7, 11) is 0. The van der Waals surface area contributed by atoms with Crippen LogP contribution in [0.4, 0.5) is 0 Å². The molecule has 6 heteroatoms. The molecule has 0 spiro atoms. The van der Waals surface area contributed by atoms with E-state index in [1.165, 1.54) is 12.2 Å². The summed E-state index contributed by atoms with van der Waals surface area (Å²) in [5.74, 6) is -1.88. The van der Waals surface area contributed by atoms with Gasteiger partial charge in [0.25, 0.3) is 0 Å². The van der Waals surface area contributed by atoms with Gasteiger partial charge in [-0.3, -0.25) is 9.59 Å². The van der Waals surface area contributed by atoms with Gasteiger partial charge in [0, 0.05) is 6.08 Å². The molecule has 0 aromatic heterocycles. The van der Waals surface area contributed by atoms with Crippen molar-refractivity contribution in [3.63, 3.8) is 0 Å². The first kappa shape index (κ1) is 17.7. The SMILES string of the molecule is C=C=CCC(CC1=CC(=O)OC1)(C(=O)OCC)C(=O)OCC. The van der Waals surface area contributed by atoms with Crippen molar-refractivity contribution in [3.05, 3.63) is 30.0 Å². The van der Waals surface area contributed by atoms with Crippen LogP contribution in [-0.4, -0.2) is 37.7 Å². The molecule has 0 saturated carbocycles. The summed E-state index contributed by atoms with van der Waals surface area (Å²) < 4.78 is 14.9. The van der Waals surface area contributed by atoms with Gasteiger partial charge in [0.2, 0.25) is 0 Å². The van der Waals surface area contributed by atoms with Gasteiger partial charge in [-0.2, -0.15) is 0 Å². The summed E-state index contributed by atoms with van der Waals surface area (Å²) in [5, 5.41) is 0. The average Bonchev–Trinajstić information content (AvgIpc) is 2.89. The Morgan fingerprint density at radius 3 is 2.36 bits per heavy atom. The molecule has 22 heavy (non-hydrogen) atoms. The number of esters is 3. The van der Waals surface area contributed by atoms with Crippen molar-refractivity contribution in [1.82, 2.24) is 0 Å². The van der Waals surface area contributed by atoms with Crippen LogP contribution in [0.1, 0.15) is 26.7 Å². The normalized spacial score (nSPS) is 13.7. The van der Waals surface area contributed by atoms with Gasteiger partial charge in [-0.1, -0.05) is 6.58 Å². The molecule has 0 aliphatic carbocycles. The molecule has 1 aliphatic rings. The zero-order valence-corrected chi connectivity index (χ0v) is 12.8. The van der Waals surface area contributed by atoms with Crippen LogP contribution in [0.15, 0.2) is 30.0 Å². The van der Waals surface area contributed by atoms with Crippen LogP contribution >= 0.6 is 0 Å². The minimum atomic E-state index is -1.56. The molecule has 6 nitrogen and oxygen atoms in total. The maximum atomic E-state index is 12.4. The quantitative estimate of drug-likeness (QED) is 0.294. The minimum Gasteiger partial charge on any atom is -0.465 e. The van der Waals surface area contributed by atoms with Crippen LogP contribution in [0.5, 0.6) is 0 Å². The third-order valence-electron chi connectivity index (χ3n) is 3.18. The van der Waals surface area contributed by atoms with Crippen LogP contribution in [0.3, 0.4) is 0 Å². The molecule has 1 heterocycles. The molecule has 1 aliphatic heterocycles. The smallest absolute Gasteiger partial charge is 0.331 e. The number of allylic oxidation sites excluding steroid dienone is 1. The third kappa shape index (κ3) is 4.09. The van der Waals surface area contributed by atoms with Crippen LogP contribution in [0.2, 0.25) is 0 Å². The Hall–Kier alpha value is -2.33. The Balaban J connectivity index is 3.19. The Morgan fingerprint density at radius 1 is 1.36 bits per heavy atom. The number of hydrogen-bond donors (Lipinski definition) is 0. The highest BCUT2D eigenvalue weighted by molar-refractivity contribution is 6.01. The van der Waals surface area contributed by atoms with Gasteiger partial charge in [-0.25, -0.2) is 4.79 Å². The lowest BCUT2D eigenvalue weighted by molar-refractivity contribution is -0.172. The highest BCUT2D eigenvalue weighted by atomic mass is 16.6. The van der Waals surface area contributed by atoms with E-state index < -0.39 is 23.3 Å². The summed E-state index contributed by atoms with van der Waals surface area (Å²) in [6, 6.07) is 0. The molecule has 0 saturated heterocycles. The first-order chi connectivity index (χ1) is 10.5. The molecule has 0 N–H and O–H groups in total. The summed E-state index contributed by atoms with van der Waals surface area (Å²) >= 11 is 0. The van der Waals surface area contributed by atoms with Crippen molar-refractivity contribution < 1.29 is 28.6 Å². The third-order valence-corrected chi connectivity index (χ3v) is 3.18. The van der Waals surface area contributed by atoms with Crippen molar-refractivity contribution >= 4 is 17.9 Å². The lowest BCUT2D eigenvalue weighted by atomic mass is 9.78. The fraction of sp³-hybridized carbons (Fsp3) is 0.500. The second kappa shape index (κ2) is 8.20. The van der Waals surface area contributed by atoms with Gasteiger partial charge in [-0.05, 0) is 38.3 Å². The fourth-order valence-corrected chi connectivity index (χ4v) is 2.15. The van der Waals surface area contributed by atoms with Gasteiger partial charge in [0.05, 0.1) is 13.2 Å². The van der Waals surface area contributed by atoms with Gasteiger partial charge < -0.3 is 14.2 Å². The lowest BCUT2D eigenvalue weighted by Crippen LogP contribution is -2.42. The lowest BCUT2D eigenvalue weighted by Gasteiger charge is -2.28. The molecule has 0 amide bonds. The van der Waals surface area contributed by atoms with Gasteiger partial charge in [0.15, 0.2) is 5.41 Å². The molecule has 0 fully saturated rings. The van der Waals surface area contributed by atoms with Gasteiger partial charge in [-0.15, -0.1) is 5.73 Å². The van der Waals surface area contributed by atoms with Crippen LogP contribution < -0.4 is 0 Å². The second-order valence-corrected chi connectivity index (χ2v) is 4.72. The van der Waals surface area contributed by atoms with E-state index in [4.69, 9.17) is 14.2 Å². The van der Waals surface area contributed by atoms with Crippen molar-refractivity contribution in [2.24, 2.45) is 5.41 Å². The van der Waals surface area contributed by atoms with Crippen LogP contribution in [-0.2, 0) is 28.6 Å².